The van der Waals surface area contributed by atoms with Gasteiger partial charge in [0.2, 0.25) is 0 Å². The Bertz CT molecular complexity index is 346. The van der Waals surface area contributed by atoms with Crippen LogP contribution in [-0.4, -0.2) is 6.04 Å². The zero-order valence-electron chi connectivity index (χ0n) is 9.45. The quantitative estimate of drug-likeness (QED) is 0.778. The van der Waals surface area contributed by atoms with Gasteiger partial charge in [0.05, 0.1) is 0 Å². The molecule has 3 rings (SSSR count). The van der Waals surface area contributed by atoms with Crippen molar-refractivity contribution < 1.29 is 0 Å². The molecule has 0 radical (unpaired) electrons. The summed E-state index contributed by atoms with van der Waals surface area (Å²) in [5.41, 5.74) is 1.40. The molecule has 0 spiro atoms. The summed E-state index contributed by atoms with van der Waals surface area (Å²) in [5.74, 6) is 0.912. The molecule has 1 aromatic rings. The molecule has 0 bridgehead atoms. The van der Waals surface area contributed by atoms with E-state index in [1.54, 1.807) is 0 Å². The van der Waals surface area contributed by atoms with E-state index < -0.39 is 0 Å². The van der Waals surface area contributed by atoms with Gasteiger partial charge in [0.1, 0.15) is 0 Å². The van der Waals surface area contributed by atoms with E-state index in [1.807, 2.05) is 12.1 Å². The Morgan fingerprint density at radius 1 is 1.06 bits per heavy atom. The number of nitrogens with one attached hydrogen (secondary N) is 1. The summed E-state index contributed by atoms with van der Waals surface area (Å²) < 4.78 is 0. The zero-order chi connectivity index (χ0) is 11.0. The van der Waals surface area contributed by atoms with Crippen molar-refractivity contribution in [3.05, 3.63) is 34.9 Å². The molecule has 16 heavy (non-hydrogen) atoms. The molecule has 1 aliphatic heterocycles. The standard InChI is InChI=1S/C14H18ClN/c15-12-7-5-10(6-8-12)14-9-11-3-1-2-4-13(11)16-14/h5-8,11,13-14,16H,1-4,9H2. The minimum absolute atomic E-state index is 0.561. The van der Waals surface area contributed by atoms with Crippen molar-refractivity contribution in [2.45, 2.75) is 44.2 Å². The van der Waals surface area contributed by atoms with Gasteiger partial charge >= 0.3 is 0 Å². The molecule has 3 atom stereocenters. The highest BCUT2D eigenvalue weighted by Crippen LogP contribution is 2.39. The second kappa shape index (κ2) is 4.38. The summed E-state index contributed by atoms with van der Waals surface area (Å²) in [7, 11) is 0. The maximum atomic E-state index is 5.92. The Kier molecular flexibility index (Phi) is 2.91. The second-order valence-corrected chi connectivity index (χ2v) is 5.59. The molecule has 1 saturated carbocycles. The lowest BCUT2D eigenvalue weighted by atomic mass is 9.84. The van der Waals surface area contributed by atoms with Crippen LogP contribution >= 0.6 is 11.6 Å². The van der Waals surface area contributed by atoms with Crippen LogP contribution in [0.25, 0.3) is 0 Å². The first-order valence-electron chi connectivity index (χ1n) is 6.34. The van der Waals surface area contributed by atoms with Gasteiger partial charge in [-0.25, -0.2) is 0 Å². The minimum atomic E-state index is 0.561. The van der Waals surface area contributed by atoms with Crippen molar-refractivity contribution in [2.24, 2.45) is 5.92 Å². The lowest BCUT2D eigenvalue weighted by Gasteiger charge is -2.24. The summed E-state index contributed by atoms with van der Waals surface area (Å²) >= 11 is 5.92. The van der Waals surface area contributed by atoms with E-state index in [0.29, 0.717) is 6.04 Å². The molecule has 1 aliphatic carbocycles. The number of hydrogen-bond acceptors (Lipinski definition) is 1. The third-order valence-corrected chi connectivity index (χ3v) is 4.39. The van der Waals surface area contributed by atoms with Crippen LogP contribution in [0.5, 0.6) is 0 Å². The van der Waals surface area contributed by atoms with E-state index in [9.17, 15) is 0 Å². The largest absolute Gasteiger partial charge is 0.307 e. The normalized spacial score (nSPS) is 33.7. The van der Waals surface area contributed by atoms with Crippen LogP contribution in [0.2, 0.25) is 5.02 Å². The summed E-state index contributed by atoms with van der Waals surface area (Å²) in [6.45, 7) is 0. The first kappa shape index (κ1) is 10.6. The predicted molar refractivity (Wildman–Crippen MR) is 67.7 cm³/mol. The van der Waals surface area contributed by atoms with E-state index in [4.69, 9.17) is 11.6 Å². The molecule has 0 amide bonds. The number of benzene rings is 1. The van der Waals surface area contributed by atoms with E-state index in [2.05, 4.69) is 17.4 Å². The third-order valence-electron chi connectivity index (χ3n) is 4.14. The number of fused-ring (bicyclic) bond motifs is 1. The number of hydrogen-bond donors (Lipinski definition) is 1. The van der Waals surface area contributed by atoms with Crippen LogP contribution in [0, 0.1) is 5.92 Å². The van der Waals surface area contributed by atoms with Gasteiger partial charge in [-0.3, -0.25) is 0 Å². The van der Waals surface area contributed by atoms with Gasteiger partial charge in [-0.2, -0.15) is 0 Å². The predicted octanol–water partition coefficient (Wildman–Crippen LogP) is 3.93. The Morgan fingerprint density at radius 3 is 2.56 bits per heavy atom. The lowest BCUT2D eigenvalue weighted by Crippen LogP contribution is -2.30. The van der Waals surface area contributed by atoms with Crippen molar-refractivity contribution in [3.8, 4) is 0 Å². The molecular weight excluding hydrogens is 218 g/mol. The molecule has 86 valence electrons. The Labute approximate surface area is 102 Å². The van der Waals surface area contributed by atoms with Crippen LogP contribution in [0.3, 0.4) is 0 Å². The average molecular weight is 236 g/mol. The number of rotatable bonds is 1. The molecule has 2 aliphatic rings. The molecule has 3 unspecified atom stereocenters. The van der Waals surface area contributed by atoms with Crippen LogP contribution in [-0.2, 0) is 0 Å². The summed E-state index contributed by atoms with van der Waals surface area (Å²) in [6, 6.07) is 9.66. The fraction of sp³-hybridized carbons (Fsp3) is 0.571. The van der Waals surface area contributed by atoms with Crippen molar-refractivity contribution in [3.63, 3.8) is 0 Å². The molecule has 2 fully saturated rings. The van der Waals surface area contributed by atoms with Gasteiger partial charge in [0, 0.05) is 17.1 Å². The van der Waals surface area contributed by atoms with Gasteiger partial charge in [-0.05, 0) is 42.9 Å². The lowest BCUT2D eigenvalue weighted by molar-refractivity contribution is 0.325. The van der Waals surface area contributed by atoms with Gasteiger partial charge in [-0.1, -0.05) is 36.6 Å². The molecule has 1 aromatic carbocycles. The first-order valence-corrected chi connectivity index (χ1v) is 6.72. The molecule has 1 heterocycles. The second-order valence-electron chi connectivity index (χ2n) is 5.16. The molecule has 0 aromatic heterocycles. The Balaban J connectivity index is 1.75. The number of halogens is 1. The highest BCUT2D eigenvalue weighted by molar-refractivity contribution is 6.30. The Hall–Kier alpha value is -0.530. The van der Waals surface area contributed by atoms with E-state index in [-0.39, 0.29) is 0 Å². The fourth-order valence-electron chi connectivity index (χ4n) is 3.27. The third kappa shape index (κ3) is 1.99. The maximum absolute atomic E-state index is 5.92. The van der Waals surface area contributed by atoms with Crippen molar-refractivity contribution >= 4 is 11.6 Å². The molecule has 1 nitrogen and oxygen atoms in total. The summed E-state index contributed by atoms with van der Waals surface area (Å²) in [5, 5.41) is 4.62. The van der Waals surface area contributed by atoms with Crippen LogP contribution in [0.1, 0.15) is 43.7 Å². The van der Waals surface area contributed by atoms with Crippen LogP contribution < -0.4 is 5.32 Å². The monoisotopic (exact) mass is 235 g/mol. The van der Waals surface area contributed by atoms with Crippen molar-refractivity contribution in [2.75, 3.05) is 0 Å². The maximum Gasteiger partial charge on any atom is 0.0406 e. The van der Waals surface area contributed by atoms with E-state index in [1.165, 1.54) is 37.7 Å². The summed E-state index contributed by atoms with van der Waals surface area (Å²) in [6.07, 6.45) is 6.93. The summed E-state index contributed by atoms with van der Waals surface area (Å²) in [4.78, 5) is 0. The topological polar surface area (TPSA) is 12.0 Å². The van der Waals surface area contributed by atoms with Crippen molar-refractivity contribution in [1.29, 1.82) is 0 Å². The Morgan fingerprint density at radius 2 is 1.81 bits per heavy atom. The molecule has 1 N–H and O–H groups in total. The van der Waals surface area contributed by atoms with Crippen LogP contribution in [0.4, 0.5) is 0 Å². The highest BCUT2D eigenvalue weighted by atomic mass is 35.5. The van der Waals surface area contributed by atoms with E-state index in [0.717, 1.165) is 17.0 Å². The average Bonchev–Trinajstić information content (AvgIpc) is 2.73. The van der Waals surface area contributed by atoms with Crippen molar-refractivity contribution in [1.82, 2.24) is 5.32 Å². The fourth-order valence-corrected chi connectivity index (χ4v) is 3.39. The smallest absolute Gasteiger partial charge is 0.0406 e. The van der Waals surface area contributed by atoms with Gasteiger partial charge in [0.25, 0.3) is 0 Å². The SMILES string of the molecule is Clc1ccc(C2CC3CCCCC3N2)cc1. The highest BCUT2D eigenvalue weighted by Gasteiger charge is 2.35. The van der Waals surface area contributed by atoms with E-state index >= 15 is 0 Å². The minimum Gasteiger partial charge on any atom is -0.307 e. The first-order chi connectivity index (χ1) is 7.83. The molecular formula is C14H18ClN. The van der Waals surface area contributed by atoms with Crippen LogP contribution in [0.15, 0.2) is 24.3 Å². The van der Waals surface area contributed by atoms with Gasteiger partial charge in [-0.15, -0.1) is 0 Å². The van der Waals surface area contributed by atoms with Gasteiger partial charge in [0.15, 0.2) is 0 Å². The molecule has 2 heteroatoms. The zero-order valence-corrected chi connectivity index (χ0v) is 10.2. The van der Waals surface area contributed by atoms with Gasteiger partial charge < -0.3 is 5.32 Å². The molecule has 1 saturated heterocycles.